The van der Waals surface area contributed by atoms with Gasteiger partial charge in [-0.3, -0.25) is 9.59 Å². The van der Waals surface area contributed by atoms with Crippen LogP contribution in [0, 0.1) is 11.8 Å². The van der Waals surface area contributed by atoms with Crippen LogP contribution >= 0.6 is 11.3 Å². The lowest BCUT2D eigenvalue weighted by atomic mass is 9.82. The normalized spacial score (nSPS) is 19.4. The van der Waals surface area contributed by atoms with E-state index in [2.05, 4.69) is 5.32 Å². The molecule has 0 saturated heterocycles. The molecule has 2 aromatic rings. The van der Waals surface area contributed by atoms with Crippen molar-refractivity contribution in [2.75, 3.05) is 12.4 Å². The van der Waals surface area contributed by atoms with Crippen LogP contribution in [0.15, 0.2) is 48.6 Å². The predicted molar refractivity (Wildman–Crippen MR) is 111 cm³/mol. The van der Waals surface area contributed by atoms with Crippen molar-refractivity contribution in [3.05, 3.63) is 64.6 Å². The number of amides is 1. The molecule has 0 radical (unpaired) electrons. The number of hydrogen-bond acceptors (Lipinski definition) is 5. The van der Waals surface area contributed by atoms with Gasteiger partial charge in [-0.15, -0.1) is 11.3 Å². The van der Waals surface area contributed by atoms with Crippen molar-refractivity contribution in [3.63, 3.8) is 0 Å². The number of methoxy groups -OCH3 is 1. The lowest BCUT2D eigenvalue weighted by Gasteiger charge is -2.24. The van der Waals surface area contributed by atoms with Crippen LogP contribution in [0.2, 0.25) is 0 Å². The molecule has 0 fully saturated rings. The maximum absolute atomic E-state index is 12.8. The molecule has 0 aliphatic heterocycles. The number of aliphatic carboxylic acids is 1. The van der Waals surface area contributed by atoms with Crippen LogP contribution in [0.3, 0.4) is 0 Å². The van der Waals surface area contributed by atoms with Crippen LogP contribution in [0.5, 0.6) is 0 Å². The second-order valence-corrected chi connectivity index (χ2v) is 8.08. The Morgan fingerprint density at radius 2 is 1.79 bits per heavy atom. The number of nitrogens with one attached hydrogen (secondary N) is 1. The van der Waals surface area contributed by atoms with Gasteiger partial charge in [-0.25, -0.2) is 4.79 Å². The fraction of sp³-hybridized carbons (Fsp3) is 0.318. The molecule has 7 heteroatoms. The van der Waals surface area contributed by atoms with E-state index < -0.39 is 29.7 Å². The summed E-state index contributed by atoms with van der Waals surface area (Å²) in [6.45, 7) is 2.03. The van der Waals surface area contributed by atoms with Gasteiger partial charge in [0.1, 0.15) is 5.00 Å². The number of allylic oxidation sites excluding steroid dienone is 2. The molecule has 0 bridgehead atoms. The summed E-state index contributed by atoms with van der Waals surface area (Å²) in [5.41, 5.74) is 1.37. The number of carboxylic acid groups (broad SMARTS) is 1. The molecule has 6 nitrogen and oxygen atoms in total. The quantitative estimate of drug-likeness (QED) is 0.544. The molecule has 0 saturated carbocycles. The van der Waals surface area contributed by atoms with Crippen molar-refractivity contribution in [3.8, 4) is 0 Å². The molecule has 0 unspecified atom stereocenters. The highest BCUT2D eigenvalue weighted by Gasteiger charge is 2.35. The Labute approximate surface area is 173 Å². The Kier molecular flexibility index (Phi) is 6.49. The maximum atomic E-state index is 12.8. The number of hydrogen-bond donors (Lipinski definition) is 2. The number of ether oxygens (including phenoxy) is 1. The first-order chi connectivity index (χ1) is 13.9. The topological polar surface area (TPSA) is 92.7 Å². The van der Waals surface area contributed by atoms with Crippen LogP contribution in [0.25, 0.3) is 0 Å². The monoisotopic (exact) mass is 413 g/mol. The highest BCUT2D eigenvalue weighted by atomic mass is 32.1. The third-order valence-electron chi connectivity index (χ3n) is 5.21. The molecule has 1 amide bonds. The van der Waals surface area contributed by atoms with E-state index in [9.17, 15) is 19.5 Å². The molecule has 1 heterocycles. The first kappa shape index (κ1) is 20.8. The molecular weight excluding hydrogens is 390 g/mol. The number of thiophene rings is 1. The fourth-order valence-corrected chi connectivity index (χ4v) is 4.59. The molecule has 3 rings (SSSR count). The summed E-state index contributed by atoms with van der Waals surface area (Å²) in [4.78, 5) is 37.5. The number of carbonyl (C=O) groups excluding carboxylic acids is 2. The minimum Gasteiger partial charge on any atom is -0.481 e. The highest BCUT2D eigenvalue weighted by Crippen LogP contribution is 2.37. The van der Waals surface area contributed by atoms with Crippen molar-refractivity contribution in [2.45, 2.75) is 25.7 Å². The SMILES string of the molecule is COC(=O)c1cc([C@H](C)c2ccccc2)sc1NC(=O)[C@@H]1CC=CC[C@@H]1C(=O)O. The molecule has 1 aromatic heterocycles. The Bertz CT molecular complexity index is 934. The third-order valence-corrected chi connectivity index (χ3v) is 6.44. The van der Waals surface area contributed by atoms with Crippen LogP contribution < -0.4 is 5.32 Å². The molecule has 152 valence electrons. The van der Waals surface area contributed by atoms with Gasteiger partial charge >= 0.3 is 11.9 Å². The van der Waals surface area contributed by atoms with Crippen molar-refractivity contribution >= 4 is 34.2 Å². The standard InChI is InChI=1S/C22H23NO5S/c1-13(14-8-4-3-5-9-14)18-12-17(22(27)28-2)20(29-18)23-19(24)15-10-6-7-11-16(15)21(25)26/h3-9,12-13,15-16H,10-11H2,1-2H3,(H,23,24)(H,25,26)/t13-,15-,16+/m1/s1. The second kappa shape index (κ2) is 9.05. The van der Waals surface area contributed by atoms with E-state index in [0.29, 0.717) is 17.8 Å². The van der Waals surface area contributed by atoms with Gasteiger partial charge in [-0.1, -0.05) is 49.4 Å². The van der Waals surface area contributed by atoms with Crippen LogP contribution in [-0.2, 0) is 14.3 Å². The van der Waals surface area contributed by atoms with E-state index in [-0.39, 0.29) is 11.5 Å². The van der Waals surface area contributed by atoms with Crippen molar-refractivity contribution in [1.82, 2.24) is 0 Å². The largest absolute Gasteiger partial charge is 0.481 e. The lowest BCUT2D eigenvalue weighted by Crippen LogP contribution is -2.34. The van der Waals surface area contributed by atoms with E-state index in [1.54, 1.807) is 12.1 Å². The summed E-state index contributed by atoms with van der Waals surface area (Å²) < 4.78 is 4.87. The average molecular weight is 413 g/mol. The summed E-state index contributed by atoms with van der Waals surface area (Å²) in [6, 6.07) is 11.6. The minimum absolute atomic E-state index is 0.0274. The predicted octanol–water partition coefficient (Wildman–Crippen LogP) is 4.29. The summed E-state index contributed by atoms with van der Waals surface area (Å²) in [5.74, 6) is -3.36. The van der Waals surface area contributed by atoms with E-state index in [0.717, 1.165) is 10.4 Å². The van der Waals surface area contributed by atoms with E-state index in [1.807, 2.05) is 43.3 Å². The molecule has 2 N–H and O–H groups in total. The van der Waals surface area contributed by atoms with Gasteiger partial charge in [0, 0.05) is 10.8 Å². The summed E-state index contributed by atoms with van der Waals surface area (Å²) in [6.07, 6.45) is 4.28. The van der Waals surface area contributed by atoms with Gasteiger partial charge in [0.05, 0.1) is 24.5 Å². The third kappa shape index (κ3) is 4.56. The summed E-state index contributed by atoms with van der Waals surface area (Å²) >= 11 is 1.31. The highest BCUT2D eigenvalue weighted by molar-refractivity contribution is 7.16. The minimum atomic E-state index is -0.993. The first-order valence-electron chi connectivity index (χ1n) is 9.38. The maximum Gasteiger partial charge on any atom is 0.340 e. The lowest BCUT2D eigenvalue weighted by molar-refractivity contribution is -0.146. The number of anilines is 1. The Hall–Kier alpha value is -2.93. The van der Waals surface area contributed by atoms with Gasteiger partial charge in [0.25, 0.3) is 0 Å². The number of benzene rings is 1. The molecule has 1 aromatic carbocycles. The van der Waals surface area contributed by atoms with Crippen molar-refractivity contribution < 1.29 is 24.2 Å². The van der Waals surface area contributed by atoms with Crippen LogP contribution in [0.4, 0.5) is 5.00 Å². The van der Waals surface area contributed by atoms with Gasteiger partial charge in [0.2, 0.25) is 5.91 Å². The van der Waals surface area contributed by atoms with E-state index in [1.165, 1.54) is 18.4 Å². The Morgan fingerprint density at radius 1 is 1.14 bits per heavy atom. The molecule has 1 aliphatic carbocycles. The smallest absolute Gasteiger partial charge is 0.340 e. The summed E-state index contributed by atoms with van der Waals surface area (Å²) in [7, 11) is 1.29. The number of carboxylic acids is 1. The molecule has 0 spiro atoms. The van der Waals surface area contributed by atoms with Gasteiger partial charge in [-0.2, -0.15) is 0 Å². The zero-order chi connectivity index (χ0) is 21.0. The van der Waals surface area contributed by atoms with Crippen LogP contribution in [-0.4, -0.2) is 30.1 Å². The van der Waals surface area contributed by atoms with Crippen molar-refractivity contribution in [2.24, 2.45) is 11.8 Å². The molecule has 3 atom stereocenters. The second-order valence-electron chi connectivity index (χ2n) is 7.00. The molecular formula is C22H23NO5S. The number of rotatable bonds is 6. The Morgan fingerprint density at radius 3 is 2.41 bits per heavy atom. The first-order valence-corrected chi connectivity index (χ1v) is 10.2. The zero-order valence-corrected chi connectivity index (χ0v) is 17.1. The molecule has 1 aliphatic rings. The number of esters is 1. The van der Waals surface area contributed by atoms with E-state index >= 15 is 0 Å². The Balaban J connectivity index is 1.88. The summed E-state index contributed by atoms with van der Waals surface area (Å²) in [5, 5.41) is 12.6. The number of carbonyl (C=O) groups is 3. The molecule has 29 heavy (non-hydrogen) atoms. The van der Waals surface area contributed by atoms with Crippen molar-refractivity contribution in [1.29, 1.82) is 0 Å². The van der Waals surface area contributed by atoms with Gasteiger partial charge < -0.3 is 15.2 Å². The van der Waals surface area contributed by atoms with Gasteiger partial charge in [0.15, 0.2) is 0 Å². The average Bonchev–Trinajstić information content (AvgIpc) is 3.16. The fourth-order valence-electron chi connectivity index (χ4n) is 3.47. The van der Waals surface area contributed by atoms with Crippen LogP contribution in [0.1, 0.15) is 46.5 Å². The zero-order valence-electron chi connectivity index (χ0n) is 16.3. The van der Waals surface area contributed by atoms with Gasteiger partial charge in [-0.05, 0) is 24.5 Å². The van der Waals surface area contributed by atoms with E-state index in [4.69, 9.17) is 4.74 Å².